The van der Waals surface area contributed by atoms with Gasteiger partial charge in [-0.25, -0.2) is 4.79 Å². The Balaban J connectivity index is 2.36. The standard InChI is InChI=1S/C14H18O3/c1-3-4-5-6-11-17-14(15)12-7-9-13(16-2)10-8-12/h3-4,7-10H,5-6,11H2,1-2H3/b4-3+. The van der Waals surface area contributed by atoms with Gasteiger partial charge in [-0.05, 0) is 44.0 Å². The van der Waals surface area contributed by atoms with Gasteiger partial charge in [0.25, 0.3) is 0 Å². The fraction of sp³-hybridized carbons (Fsp3) is 0.357. The molecule has 0 aliphatic carbocycles. The summed E-state index contributed by atoms with van der Waals surface area (Å²) >= 11 is 0. The Hall–Kier alpha value is -1.77. The molecule has 0 spiro atoms. The lowest BCUT2D eigenvalue weighted by molar-refractivity contribution is 0.0501. The predicted octanol–water partition coefficient (Wildman–Crippen LogP) is 3.21. The van der Waals surface area contributed by atoms with E-state index < -0.39 is 0 Å². The van der Waals surface area contributed by atoms with Gasteiger partial charge in [-0.1, -0.05) is 12.2 Å². The van der Waals surface area contributed by atoms with Crippen LogP contribution in [0.15, 0.2) is 36.4 Å². The van der Waals surface area contributed by atoms with E-state index in [0.29, 0.717) is 12.2 Å². The minimum absolute atomic E-state index is 0.284. The summed E-state index contributed by atoms with van der Waals surface area (Å²) in [6.07, 6.45) is 5.84. The summed E-state index contributed by atoms with van der Waals surface area (Å²) in [5.41, 5.74) is 0.553. The zero-order chi connectivity index (χ0) is 12.5. The lowest BCUT2D eigenvalue weighted by atomic mass is 10.2. The van der Waals surface area contributed by atoms with Crippen LogP contribution < -0.4 is 4.74 Å². The van der Waals surface area contributed by atoms with Crippen molar-refractivity contribution in [3.05, 3.63) is 42.0 Å². The van der Waals surface area contributed by atoms with E-state index in [1.807, 2.05) is 13.0 Å². The van der Waals surface area contributed by atoms with Crippen molar-refractivity contribution in [3.63, 3.8) is 0 Å². The molecule has 0 aliphatic heterocycles. The third kappa shape index (κ3) is 4.72. The van der Waals surface area contributed by atoms with Crippen molar-refractivity contribution in [3.8, 4) is 5.75 Å². The highest BCUT2D eigenvalue weighted by atomic mass is 16.5. The molecule has 0 amide bonds. The predicted molar refractivity (Wildman–Crippen MR) is 67.3 cm³/mol. The summed E-state index contributed by atoms with van der Waals surface area (Å²) in [7, 11) is 1.59. The quantitative estimate of drug-likeness (QED) is 0.431. The number of hydrogen-bond acceptors (Lipinski definition) is 3. The third-order valence-electron chi connectivity index (χ3n) is 2.31. The molecule has 0 N–H and O–H groups in total. The van der Waals surface area contributed by atoms with Crippen molar-refractivity contribution in [2.75, 3.05) is 13.7 Å². The molecule has 0 aromatic heterocycles. The molecule has 0 unspecified atom stereocenters. The van der Waals surface area contributed by atoms with Crippen LogP contribution in [0.5, 0.6) is 5.75 Å². The van der Waals surface area contributed by atoms with Crippen LogP contribution in [0.1, 0.15) is 30.1 Å². The number of hydrogen-bond donors (Lipinski definition) is 0. The second-order valence-corrected chi connectivity index (χ2v) is 3.58. The average Bonchev–Trinajstić information content (AvgIpc) is 2.38. The highest BCUT2D eigenvalue weighted by Crippen LogP contribution is 2.12. The second-order valence-electron chi connectivity index (χ2n) is 3.58. The van der Waals surface area contributed by atoms with Gasteiger partial charge in [0.2, 0.25) is 0 Å². The number of benzene rings is 1. The van der Waals surface area contributed by atoms with Gasteiger partial charge in [0.1, 0.15) is 5.75 Å². The van der Waals surface area contributed by atoms with E-state index in [4.69, 9.17) is 9.47 Å². The van der Waals surface area contributed by atoms with Crippen LogP contribution in [0, 0.1) is 0 Å². The summed E-state index contributed by atoms with van der Waals surface area (Å²) in [6, 6.07) is 6.90. The molecule has 1 aromatic rings. The molecule has 0 heterocycles. The Kier molecular flexibility index (Phi) is 5.86. The summed E-state index contributed by atoms with van der Waals surface area (Å²) in [5, 5.41) is 0. The summed E-state index contributed by atoms with van der Waals surface area (Å²) in [5.74, 6) is 0.447. The highest BCUT2D eigenvalue weighted by molar-refractivity contribution is 5.89. The zero-order valence-electron chi connectivity index (χ0n) is 10.3. The molecule has 0 saturated heterocycles. The third-order valence-corrected chi connectivity index (χ3v) is 2.31. The molecule has 1 aromatic carbocycles. The number of esters is 1. The van der Waals surface area contributed by atoms with Crippen molar-refractivity contribution in [2.45, 2.75) is 19.8 Å². The van der Waals surface area contributed by atoms with E-state index in [2.05, 4.69) is 6.08 Å². The van der Waals surface area contributed by atoms with Crippen molar-refractivity contribution in [1.29, 1.82) is 0 Å². The van der Waals surface area contributed by atoms with Crippen LogP contribution in [0.2, 0.25) is 0 Å². The first-order chi connectivity index (χ1) is 8.27. The van der Waals surface area contributed by atoms with Gasteiger partial charge in [-0.3, -0.25) is 0 Å². The Labute approximate surface area is 102 Å². The van der Waals surface area contributed by atoms with Gasteiger partial charge in [-0.2, -0.15) is 0 Å². The SMILES string of the molecule is C/C=C/CCCOC(=O)c1ccc(OC)cc1. The van der Waals surface area contributed by atoms with E-state index in [1.165, 1.54) is 0 Å². The fourth-order valence-electron chi connectivity index (χ4n) is 1.34. The Bertz CT molecular complexity index is 366. The molecule has 0 bridgehead atoms. The number of carbonyl (C=O) groups is 1. The molecule has 0 radical (unpaired) electrons. The minimum Gasteiger partial charge on any atom is -0.497 e. The first kappa shape index (κ1) is 13.3. The lowest BCUT2D eigenvalue weighted by Gasteiger charge is -2.04. The van der Waals surface area contributed by atoms with Crippen LogP contribution in [-0.4, -0.2) is 19.7 Å². The molecule has 3 nitrogen and oxygen atoms in total. The number of methoxy groups -OCH3 is 1. The monoisotopic (exact) mass is 234 g/mol. The summed E-state index contributed by atoms with van der Waals surface area (Å²) < 4.78 is 10.1. The van der Waals surface area contributed by atoms with Gasteiger partial charge < -0.3 is 9.47 Å². The number of rotatable bonds is 6. The Morgan fingerprint density at radius 2 is 2.00 bits per heavy atom. The van der Waals surface area contributed by atoms with E-state index in [0.717, 1.165) is 18.6 Å². The smallest absolute Gasteiger partial charge is 0.338 e. The molecule has 0 fully saturated rings. The van der Waals surface area contributed by atoms with E-state index in [1.54, 1.807) is 31.4 Å². The molecule has 0 atom stereocenters. The minimum atomic E-state index is -0.284. The van der Waals surface area contributed by atoms with Crippen LogP contribution in [0.25, 0.3) is 0 Å². The zero-order valence-corrected chi connectivity index (χ0v) is 10.3. The fourth-order valence-corrected chi connectivity index (χ4v) is 1.34. The molecular formula is C14H18O3. The van der Waals surface area contributed by atoms with Crippen LogP contribution >= 0.6 is 0 Å². The van der Waals surface area contributed by atoms with E-state index >= 15 is 0 Å². The van der Waals surface area contributed by atoms with Gasteiger partial charge in [0, 0.05) is 0 Å². The van der Waals surface area contributed by atoms with Gasteiger partial charge in [0.05, 0.1) is 19.3 Å². The maximum absolute atomic E-state index is 11.6. The van der Waals surface area contributed by atoms with Gasteiger partial charge in [0.15, 0.2) is 0 Å². The lowest BCUT2D eigenvalue weighted by Crippen LogP contribution is -2.06. The van der Waals surface area contributed by atoms with Crippen LogP contribution in [-0.2, 0) is 4.74 Å². The van der Waals surface area contributed by atoms with E-state index in [9.17, 15) is 4.79 Å². The average molecular weight is 234 g/mol. The maximum Gasteiger partial charge on any atom is 0.338 e. The molecule has 0 saturated carbocycles. The maximum atomic E-state index is 11.6. The first-order valence-corrected chi connectivity index (χ1v) is 5.70. The van der Waals surface area contributed by atoms with Crippen molar-refractivity contribution in [2.24, 2.45) is 0 Å². The number of allylic oxidation sites excluding steroid dienone is 2. The Morgan fingerprint density at radius 1 is 1.29 bits per heavy atom. The van der Waals surface area contributed by atoms with Gasteiger partial charge in [-0.15, -0.1) is 0 Å². The van der Waals surface area contributed by atoms with Crippen LogP contribution in [0.3, 0.4) is 0 Å². The van der Waals surface area contributed by atoms with Crippen LogP contribution in [0.4, 0.5) is 0 Å². The van der Waals surface area contributed by atoms with Crippen molar-refractivity contribution >= 4 is 5.97 Å². The first-order valence-electron chi connectivity index (χ1n) is 5.70. The second kappa shape index (κ2) is 7.49. The van der Waals surface area contributed by atoms with E-state index in [-0.39, 0.29) is 5.97 Å². The normalized spacial score (nSPS) is 10.5. The van der Waals surface area contributed by atoms with Crippen molar-refractivity contribution < 1.29 is 14.3 Å². The Morgan fingerprint density at radius 3 is 2.59 bits per heavy atom. The number of carbonyl (C=O) groups excluding carboxylic acids is 1. The number of unbranched alkanes of at least 4 members (excludes halogenated alkanes) is 1. The molecule has 3 heteroatoms. The summed E-state index contributed by atoms with van der Waals surface area (Å²) in [6.45, 7) is 2.43. The molecular weight excluding hydrogens is 216 g/mol. The topological polar surface area (TPSA) is 35.5 Å². The highest BCUT2D eigenvalue weighted by Gasteiger charge is 2.06. The van der Waals surface area contributed by atoms with Gasteiger partial charge >= 0.3 is 5.97 Å². The molecule has 92 valence electrons. The molecule has 1 rings (SSSR count). The van der Waals surface area contributed by atoms with Crippen molar-refractivity contribution in [1.82, 2.24) is 0 Å². The molecule has 17 heavy (non-hydrogen) atoms. The largest absolute Gasteiger partial charge is 0.497 e. The molecule has 0 aliphatic rings. The number of ether oxygens (including phenoxy) is 2. The summed E-state index contributed by atoms with van der Waals surface area (Å²) in [4.78, 5) is 11.6.